The lowest BCUT2D eigenvalue weighted by molar-refractivity contribution is -0.162. The summed E-state index contributed by atoms with van der Waals surface area (Å²) in [4.78, 5) is 25.1. The van der Waals surface area contributed by atoms with Crippen LogP contribution in [0.3, 0.4) is 0 Å². The zero-order chi connectivity index (χ0) is 22.6. The van der Waals surface area contributed by atoms with E-state index in [1.54, 1.807) is 4.90 Å². The highest BCUT2D eigenvalue weighted by Crippen LogP contribution is 2.42. The number of amides is 2. The number of benzene rings is 1. The molecule has 0 aromatic heterocycles. The summed E-state index contributed by atoms with van der Waals surface area (Å²) >= 11 is 0. The van der Waals surface area contributed by atoms with Crippen LogP contribution in [0.25, 0.3) is 0 Å². The lowest BCUT2D eigenvalue weighted by Crippen LogP contribution is -2.62. The van der Waals surface area contributed by atoms with Gasteiger partial charge in [-0.05, 0) is 30.5 Å². The normalized spacial score (nSPS) is 26.3. The highest BCUT2D eigenvalue weighted by atomic mass is 19.4. The van der Waals surface area contributed by atoms with Crippen LogP contribution in [0.1, 0.15) is 29.5 Å². The van der Waals surface area contributed by atoms with E-state index >= 15 is 0 Å². The van der Waals surface area contributed by atoms with Gasteiger partial charge in [-0.25, -0.2) is 4.79 Å². The van der Waals surface area contributed by atoms with Gasteiger partial charge in [0.1, 0.15) is 6.61 Å². The molecule has 0 radical (unpaired) electrons. The summed E-state index contributed by atoms with van der Waals surface area (Å²) in [7, 11) is 0. The average Bonchev–Trinajstić information content (AvgIpc) is 2.99. The lowest BCUT2D eigenvalue weighted by Gasteiger charge is -2.47. The first-order valence-electron chi connectivity index (χ1n) is 9.49. The van der Waals surface area contributed by atoms with Crippen molar-refractivity contribution in [3.63, 3.8) is 0 Å². The molecule has 1 saturated carbocycles. The SMILES string of the molecule is O=C1N[C@]2(CO1)C[C@@H](C(=O)N1CC(OCc3ccc(C(F)(F)F)c(C(F)(F)F)c3)C1)C2. The van der Waals surface area contributed by atoms with Crippen LogP contribution in [0.4, 0.5) is 31.1 Å². The summed E-state index contributed by atoms with van der Waals surface area (Å²) in [6, 6.07) is 1.79. The van der Waals surface area contributed by atoms with E-state index in [4.69, 9.17) is 9.47 Å². The van der Waals surface area contributed by atoms with Gasteiger partial charge in [-0.15, -0.1) is 0 Å². The van der Waals surface area contributed by atoms with Gasteiger partial charge in [-0.2, -0.15) is 26.3 Å². The molecule has 12 heteroatoms. The molecule has 1 aliphatic carbocycles. The van der Waals surface area contributed by atoms with Gasteiger partial charge in [0.05, 0.1) is 29.4 Å². The molecule has 1 spiro atoms. The highest BCUT2D eigenvalue weighted by molar-refractivity contribution is 5.82. The number of ether oxygens (including phenoxy) is 2. The van der Waals surface area contributed by atoms with Crippen LogP contribution in [0.5, 0.6) is 0 Å². The quantitative estimate of drug-likeness (QED) is 0.712. The summed E-state index contributed by atoms with van der Waals surface area (Å²) < 4.78 is 87.8. The molecule has 1 aromatic carbocycles. The smallest absolute Gasteiger partial charge is 0.417 e. The van der Waals surface area contributed by atoms with Gasteiger partial charge in [0.25, 0.3) is 0 Å². The summed E-state index contributed by atoms with van der Waals surface area (Å²) in [6.07, 6.45) is -10.2. The molecule has 0 unspecified atom stereocenters. The average molecular weight is 452 g/mol. The predicted octanol–water partition coefficient (Wildman–Crippen LogP) is 3.34. The molecule has 2 amide bonds. The summed E-state index contributed by atoms with van der Waals surface area (Å²) in [6.45, 7) is 0.425. The fourth-order valence-electron chi connectivity index (χ4n) is 4.13. The summed E-state index contributed by atoms with van der Waals surface area (Å²) in [5.41, 5.74) is -4.01. The van der Waals surface area contributed by atoms with E-state index < -0.39 is 41.2 Å². The predicted molar refractivity (Wildman–Crippen MR) is 91.5 cm³/mol. The molecule has 2 saturated heterocycles. The largest absolute Gasteiger partial charge is 0.447 e. The van der Waals surface area contributed by atoms with Crippen molar-refractivity contribution < 1.29 is 45.4 Å². The van der Waals surface area contributed by atoms with Crippen molar-refractivity contribution in [3.8, 4) is 0 Å². The Labute approximate surface area is 172 Å². The number of carbonyl (C=O) groups is 2. The fourth-order valence-corrected chi connectivity index (χ4v) is 4.13. The number of hydrogen-bond acceptors (Lipinski definition) is 4. The third-order valence-corrected chi connectivity index (χ3v) is 5.81. The van der Waals surface area contributed by atoms with Crippen LogP contribution >= 0.6 is 0 Å². The molecule has 1 N–H and O–H groups in total. The summed E-state index contributed by atoms with van der Waals surface area (Å²) in [5, 5.41) is 2.70. The van der Waals surface area contributed by atoms with E-state index in [9.17, 15) is 35.9 Å². The molecule has 3 aliphatic rings. The first kappa shape index (κ1) is 21.7. The zero-order valence-electron chi connectivity index (χ0n) is 16.0. The Kier molecular flexibility index (Phi) is 5.10. The van der Waals surface area contributed by atoms with Crippen molar-refractivity contribution in [2.24, 2.45) is 5.92 Å². The Morgan fingerprint density at radius 1 is 1.13 bits per heavy atom. The second kappa shape index (κ2) is 7.28. The maximum Gasteiger partial charge on any atom is 0.417 e. The molecule has 0 atom stereocenters. The number of alkyl halides is 6. The molecule has 1 aromatic rings. The van der Waals surface area contributed by atoms with Crippen molar-refractivity contribution in [3.05, 3.63) is 34.9 Å². The Morgan fingerprint density at radius 2 is 1.77 bits per heavy atom. The number of nitrogens with zero attached hydrogens (tertiary/aromatic N) is 1. The number of cyclic esters (lactones) is 1. The van der Waals surface area contributed by atoms with Crippen LogP contribution in [0.15, 0.2) is 18.2 Å². The Balaban J connectivity index is 1.27. The first-order valence-corrected chi connectivity index (χ1v) is 9.49. The number of halogens is 6. The minimum absolute atomic E-state index is 0.0389. The van der Waals surface area contributed by atoms with Crippen LogP contribution in [-0.4, -0.2) is 48.2 Å². The maximum absolute atomic E-state index is 13.0. The van der Waals surface area contributed by atoms with Crippen molar-refractivity contribution in [2.75, 3.05) is 19.7 Å². The molecule has 3 fully saturated rings. The van der Waals surface area contributed by atoms with Crippen molar-refractivity contribution in [1.82, 2.24) is 10.2 Å². The van der Waals surface area contributed by atoms with Gasteiger partial charge in [0.15, 0.2) is 0 Å². The van der Waals surface area contributed by atoms with Gasteiger partial charge >= 0.3 is 18.4 Å². The molecule has 4 rings (SSSR count). The number of rotatable bonds is 4. The van der Waals surface area contributed by atoms with E-state index in [0.29, 0.717) is 25.0 Å². The number of carbonyl (C=O) groups excluding carboxylic acids is 2. The molecule has 0 bridgehead atoms. The molecular formula is C19H18F6N2O4. The van der Waals surface area contributed by atoms with Gasteiger partial charge < -0.3 is 19.7 Å². The number of alkyl carbamates (subject to hydrolysis) is 1. The number of hydrogen-bond donors (Lipinski definition) is 1. The van der Waals surface area contributed by atoms with E-state index in [1.807, 2.05) is 0 Å². The van der Waals surface area contributed by atoms with Crippen LogP contribution in [0.2, 0.25) is 0 Å². The van der Waals surface area contributed by atoms with E-state index in [0.717, 1.165) is 6.07 Å². The van der Waals surface area contributed by atoms with E-state index in [1.165, 1.54) is 0 Å². The third kappa shape index (κ3) is 4.30. The molecule has 2 heterocycles. The minimum atomic E-state index is -5.15. The first-order chi connectivity index (χ1) is 14.4. The second-order valence-electron chi connectivity index (χ2n) is 8.14. The topological polar surface area (TPSA) is 67.9 Å². The van der Waals surface area contributed by atoms with Crippen LogP contribution in [0, 0.1) is 5.92 Å². The van der Waals surface area contributed by atoms with Gasteiger partial charge in [-0.3, -0.25) is 4.79 Å². The molecular weight excluding hydrogens is 434 g/mol. The van der Waals surface area contributed by atoms with Gasteiger partial charge in [-0.1, -0.05) is 6.07 Å². The lowest BCUT2D eigenvalue weighted by atomic mass is 9.68. The molecule has 31 heavy (non-hydrogen) atoms. The monoisotopic (exact) mass is 452 g/mol. The number of nitrogens with one attached hydrogen (secondary N) is 1. The maximum atomic E-state index is 13.0. The second-order valence-corrected chi connectivity index (χ2v) is 8.14. The molecule has 2 aliphatic heterocycles. The van der Waals surface area contributed by atoms with Gasteiger partial charge in [0.2, 0.25) is 5.91 Å². The fraction of sp³-hybridized carbons (Fsp3) is 0.579. The van der Waals surface area contributed by atoms with E-state index in [-0.39, 0.29) is 43.7 Å². The molecule has 6 nitrogen and oxygen atoms in total. The molecule has 170 valence electrons. The Morgan fingerprint density at radius 3 is 2.32 bits per heavy atom. The van der Waals surface area contributed by atoms with Crippen molar-refractivity contribution >= 4 is 12.0 Å². The van der Waals surface area contributed by atoms with Crippen LogP contribution in [-0.2, 0) is 33.2 Å². The van der Waals surface area contributed by atoms with E-state index in [2.05, 4.69) is 5.32 Å². The Hall–Kier alpha value is -2.50. The Bertz CT molecular complexity index is 888. The summed E-state index contributed by atoms with van der Waals surface area (Å²) in [5.74, 6) is -0.340. The minimum Gasteiger partial charge on any atom is -0.447 e. The third-order valence-electron chi connectivity index (χ3n) is 5.81. The van der Waals surface area contributed by atoms with Crippen molar-refractivity contribution in [1.29, 1.82) is 0 Å². The van der Waals surface area contributed by atoms with Crippen LogP contribution < -0.4 is 5.32 Å². The van der Waals surface area contributed by atoms with Gasteiger partial charge in [0, 0.05) is 19.0 Å². The zero-order valence-corrected chi connectivity index (χ0v) is 16.0. The van der Waals surface area contributed by atoms with Crippen molar-refractivity contribution in [2.45, 2.75) is 43.4 Å². The standard InChI is InChI=1S/C19H18F6N2O4/c20-18(21,22)13-2-1-10(3-14(13)19(23,24)25)8-30-12-6-27(7-12)15(28)11-4-17(5-11)9-31-16(29)26-17/h1-3,11-12H,4-9H2,(H,26,29)/t11-,17-. The highest BCUT2D eigenvalue weighted by Gasteiger charge is 2.54. The number of likely N-dealkylation sites (tertiary alicyclic amines) is 1.